The number of pyridine rings is 2. The highest BCUT2D eigenvalue weighted by Crippen LogP contribution is 2.34. The van der Waals surface area contributed by atoms with Crippen molar-refractivity contribution >= 4 is 32.6 Å². The number of halogens is 3. The van der Waals surface area contributed by atoms with E-state index in [-0.39, 0.29) is 28.5 Å². The second kappa shape index (κ2) is 8.96. The third-order valence-electron chi connectivity index (χ3n) is 5.99. The van der Waals surface area contributed by atoms with Gasteiger partial charge in [-0.25, -0.2) is 19.6 Å². The minimum absolute atomic E-state index is 0.0265. The molecule has 0 saturated carbocycles. The van der Waals surface area contributed by atoms with E-state index in [4.69, 9.17) is 0 Å². The van der Waals surface area contributed by atoms with Crippen molar-refractivity contribution in [2.75, 3.05) is 0 Å². The highest BCUT2D eigenvalue weighted by molar-refractivity contribution is 7.22. The van der Waals surface area contributed by atoms with Gasteiger partial charge < -0.3 is 5.11 Å². The van der Waals surface area contributed by atoms with Gasteiger partial charge in [0, 0.05) is 16.3 Å². The number of hydrogen-bond acceptors (Lipinski definition) is 8. The van der Waals surface area contributed by atoms with Crippen LogP contribution in [-0.2, 0) is 6.18 Å². The maximum absolute atomic E-state index is 13.5. The van der Waals surface area contributed by atoms with E-state index < -0.39 is 23.4 Å². The second-order valence-corrected chi connectivity index (χ2v) is 10.1. The summed E-state index contributed by atoms with van der Waals surface area (Å²) in [5.74, 6) is -0.0265. The van der Waals surface area contributed by atoms with Crippen LogP contribution in [0, 0.1) is 19.8 Å². The number of rotatable bonds is 4. The van der Waals surface area contributed by atoms with Crippen molar-refractivity contribution in [3.05, 3.63) is 69.7 Å². The van der Waals surface area contributed by atoms with Crippen molar-refractivity contribution in [2.24, 2.45) is 5.92 Å². The van der Waals surface area contributed by atoms with Crippen LogP contribution in [0.2, 0.25) is 0 Å². The van der Waals surface area contributed by atoms with Crippen LogP contribution in [0.3, 0.4) is 0 Å². The van der Waals surface area contributed by atoms with Gasteiger partial charge >= 0.3 is 6.18 Å². The Morgan fingerprint density at radius 3 is 2.41 bits per heavy atom. The summed E-state index contributed by atoms with van der Waals surface area (Å²) >= 11 is 1.29. The Hall–Kier alpha value is -3.77. The quantitative estimate of drug-likeness (QED) is 0.344. The van der Waals surface area contributed by atoms with Crippen LogP contribution in [0.1, 0.15) is 42.7 Å². The average Bonchev–Trinajstić information content (AvgIpc) is 3.27. The lowest BCUT2D eigenvalue weighted by Crippen LogP contribution is -2.19. The third kappa shape index (κ3) is 4.46. The molecule has 0 aliphatic carbocycles. The van der Waals surface area contributed by atoms with Gasteiger partial charge in [-0.05, 0) is 44.0 Å². The predicted molar refractivity (Wildman–Crippen MR) is 134 cm³/mol. The number of aromatic nitrogens is 6. The van der Waals surface area contributed by atoms with Gasteiger partial charge in [0.05, 0.1) is 39.9 Å². The summed E-state index contributed by atoms with van der Waals surface area (Å²) in [6.45, 7) is 7.22. The lowest BCUT2D eigenvalue weighted by molar-refractivity contribution is -0.141. The number of nitrogens with zero attached hydrogens (tertiary/aromatic N) is 6. The van der Waals surface area contributed by atoms with Gasteiger partial charge in [-0.3, -0.25) is 9.78 Å². The monoisotopic (exact) mass is 526 g/mol. The number of aliphatic hydroxyl groups is 1. The number of thiophene rings is 1. The van der Waals surface area contributed by atoms with E-state index >= 15 is 0 Å². The predicted octanol–water partition coefficient (Wildman–Crippen LogP) is 5.17. The minimum atomic E-state index is -4.59. The zero-order chi connectivity index (χ0) is 26.6. The van der Waals surface area contributed by atoms with E-state index in [9.17, 15) is 23.1 Å². The van der Waals surface area contributed by atoms with Crippen LogP contribution in [0.25, 0.3) is 37.5 Å². The summed E-state index contributed by atoms with van der Waals surface area (Å²) < 4.78 is 41.3. The molecule has 0 aliphatic rings. The molecule has 0 amide bonds. The lowest BCUT2D eigenvalue weighted by Gasteiger charge is -2.13. The van der Waals surface area contributed by atoms with Crippen molar-refractivity contribution in [3.63, 3.8) is 0 Å². The van der Waals surface area contributed by atoms with Crippen LogP contribution in [0.4, 0.5) is 13.2 Å². The van der Waals surface area contributed by atoms with E-state index in [1.807, 2.05) is 13.8 Å². The first-order valence-electron chi connectivity index (χ1n) is 11.3. The summed E-state index contributed by atoms with van der Waals surface area (Å²) in [5.41, 5.74) is 0.542. The normalized spacial score (nSPS) is 13.1. The first-order chi connectivity index (χ1) is 17.4. The van der Waals surface area contributed by atoms with Gasteiger partial charge in [0.2, 0.25) is 5.43 Å². The number of fused-ring (bicyclic) bond motifs is 2. The van der Waals surface area contributed by atoms with Gasteiger partial charge in [0.25, 0.3) is 0 Å². The zero-order valence-electron chi connectivity index (χ0n) is 20.2. The molecule has 5 rings (SSSR count). The lowest BCUT2D eigenvalue weighted by atomic mass is 10.0. The smallest absolute Gasteiger partial charge is 0.387 e. The molecule has 0 fully saturated rings. The highest BCUT2D eigenvalue weighted by Gasteiger charge is 2.32. The van der Waals surface area contributed by atoms with Gasteiger partial charge in [0.1, 0.15) is 5.69 Å². The van der Waals surface area contributed by atoms with Crippen molar-refractivity contribution in [3.8, 4) is 16.3 Å². The maximum Gasteiger partial charge on any atom is 0.433 e. The fraction of sp³-hybridized carbons (Fsp3) is 0.280. The standard InChI is InChI=1S/C25H21F3N6O2S/c1-11(2)22(35)16-8-17-14(9-29-16)7-18(37-17)20-23(36)21-24(32-13(4)12(3)31-21)34(33-20)15-5-6-19(30-10-15)25(26,27)28/h5-11,22,35H,1-4H3/t22-/m0/s1. The summed E-state index contributed by atoms with van der Waals surface area (Å²) in [6, 6.07) is 5.61. The second-order valence-electron chi connectivity index (χ2n) is 9.00. The summed E-state index contributed by atoms with van der Waals surface area (Å²) in [5, 5.41) is 15.7. The first kappa shape index (κ1) is 24.9. The molecule has 5 heterocycles. The summed E-state index contributed by atoms with van der Waals surface area (Å²) in [7, 11) is 0. The Labute approximate surface area is 212 Å². The van der Waals surface area contributed by atoms with Crippen LogP contribution in [0.15, 0.2) is 41.5 Å². The van der Waals surface area contributed by atoms with Crippen molar-refractivity contribution in [2.45, 2.75) is 40.0 Å². The molecule has 5 aromatic rings. The van der Waals surface area contributed by atoms with Gasteiger partial charge in [-0.2, -0.15) is 18.3 Å². The third-order valence-corrected chi connectivity index (χ3v) is 7.10. The fourth-order valence-electron chi connectivity index (χ4n) is 3.78. The molecular formula is C25H21F3N6O2S. The van der Waals surface area contributed by atoms with Crippen LogP contribution >= 0.6 is 11.3 Å². The van der Waals surface area contributed by atoms with Gasteiger partial charge in [0.15, 0.2) is 16.9 Å². The molecule has 8 nitrogen and oxygen atoms in total. The topological polar surface area (TPSA) is 107 Å². The first-order valence-corrected chi connectivity index (χ1v) is 12.2. The molecule has 0 saturated heterocycles. The van der Waals surface area contributed by atoms with Crippen molar-refractivity contribution in [1.82, 2.24) is 29.7 Å². The molecule has 0 bridgehead atoms. The average molecular weight is 527 g/mol. The minimum Gasteiger partial charge on any atom is -0.387 e. The Bertz CT molecular complexity index is 1710. The van der Waals surface area contributed by atoms with Crippen molar-refractivity contribution < 1.29 is 18.3 Å². The van der Waals surface area contributed by atoms with E-state index in [0.29, 0.717) is 22.0 Å². The number of aryl methyl sites for hydroxylation is 2. The molecule has 0 aromatic carbocycles. The van der Waals surface area contributed by atoms with Crippen molar-refractivity contribution in [1.29, 1.82) is 0 Å². The molecule has 0 spiro atoms. The number of hydrogen-bond donors (Lipinski definition) is 1. The molecule has 0 unspecified atom stereocenters. The van der Waals surface area contributed by atoms with Crippen LogP contribution < -0.4 is 5.43 Å². The van der Waals surface area contributed by atoms with E-state index in [1.165, 1.54) is 22.1 Å². The number of alkyl halides is 3. The fourth-order valence-corrected chi connectivity index (χ4v) is 4.85. The Kier molecular flexibility index (Phi) is 6.03. The molecule has 0 radical (unpaired) electrons. The van der Waals surface area contributed by atoms with E-state index in [2.05, 4.69) is 25.0 Å². The Balaban J connectivity index is 1.73. The SMILES string of the molecule is Cc1nc2c(=O)c(-c3cc4cnc([C@@H](O)C(C)C)cc4s3)nn(-c3ccc(C(F)(F)F)nc3)c2nc1C. The molecule has 1 N–H and O–H groups in total. The highest BCUT2D eigenvalue weighted by atomic mass is 32.1. The molecular weight excluding hydrogens is 505 g/mol. The Morgan fingerprint density at radius 1 is 1.03 bits per heavy atom. The van der Waals surface area contributed by atoms with E-state index in [1.54, 1.807) is 32.2 Å². The van der Waals surface area contributed by atoms with Crippen LogP contribution in [-0.4, -0.2) is 34.8 Å². The zero-order valence-corrected chi connectivity index (χ0v) is 21.0. The van der Waals surface area contributed by atoms with Gasteiger partial charge in [-0.1, -0.05) is 13.8 Å². The van der Waals surface area contributed by atoms with Crippen LogP contribution in [0.5, 0.6) is 0 Å². The molecule has 0 aliphatic heterocycles. The Morgan fingerprint density at radius 2 is 1.76 bits per heavy atom. The molecule has 12 heteroatoms. The summed E-state index contributed by atoms with van der Waals surface area (Å²) in [4.78, 5) is 30.8. The molecule has 5 aromatic heterocycles. The molecule has 190 valence electrons. The number of aliphatic hydroxyl groups excluding tert-OH is 1. The summed E-state index contributed by atoms with van der Waals surface area (Å²) in [6.07, 6.45) is -2.67. The van der Waals surface area contributed by atoms with Gasteiger partial charge in [-0.15, -0.1) is 11.3 Å². The molecule has 37 heavy (non-hydrogen) atoms. The largest absolute Gasteiger partial charge is 0.433 e. The molecule has 1 atom stereocenters. The maximum atomic E-state index is 13.5. The van der Waals surface area contributed by atoms with E-state index in [0.717, 1.165) is 22.3 Å².